The molecule has 5 nitrogen and oxygen atoms in total. The summed E-state index contributed by atoms with van der Waals surface area (Å²) in [5.74, 6) is 0.0245. The summed E-state index contributed by atoms with van der Waals surface area (Å²) in [6.07, 6.45) is 6.51. The van der Waals surface area contributed by atoms with Crippen molar-refractivity contribution in [3.63, 3.8) is 0 Å². The molecule has 0 radical (unpaired) electrons. The Morgan fingerprint density at radius 2 is 2.00 bits per heavy atom. The first-order valence-electron chi connectivity index (χ1n) is 8.09. The number of aryl methyl sites for hydroxylation is 1. The highest BCUT2D eigenvalue weighted by atomic mass is 16.3. The zero-order valence-electron chi connectivity index (χ0n) is 13.0. The van der Waals surface area contributed by atoms with Gasteiger partial charge >= 0.3 is 0 Å². The largest absolute Gasteiger partial charge is 0.389 e. The van der Waals surface area contributed by atoms with Gasteiger partial charge < -0.3 is 10.0 Å². The summed E-state index contributed by atoms with van der Waals surface area (Å²) in [6.45, 7) is 6.32. The molecule has 1 aliphatic carbocycles. The second-order valence-electron chi connectivity index (χ2n) is 6.51. The standard InChI is InChI=1S/C16H25N3O2/c1-3-16(21)7-6-15(16)8-11-18(12-9-15)14(20)13-5-10-19(4-2)17-13/h5,10,21H,3-4,6-9,11-12H2,1-2H3. The molecule has 0 bridgehead atoms. The van der Waals surface area contributed by atoms with Gasteiger partial charge in [-0.1, -0.05) is 6.92 Å². The average Bonchev–Trinajstić information content (AvgIpc) is 3.01. The maximum atomic E-state index is 12.5. The minimum absolute atomic E-state index is 0.0245. The van der Waals surface area contributed by atoms with E-state index >= 15 is 0 Å². The molecule has 0 aromatic carbocycles. The Balaban J connectivity index is 1.65. The Morgan fingerprint density at radius 3 is 2.48 bits per heavy atom. The first-order chi connectivity index (χ1) is 10.0. The van der Waals surface area contributed by atoms with Gasteiger partial charge in [-0.15, -0.1) is 0 Å². The number of carbonyl (C=O) groups is 1. The molecule has 2 aliphatic rings. The molecule has 2 heterocycles. The number of aromatic nitrogens is 2. The van der Waals surface area contributed by atoms with Crippen LogP contribution in [0.1, 0.15) is 56.4 Å². The number of hydrogen-bond donors (Lipinski definition) is 1. The number of nitrogens with zero attached hydrogens (tertiary/aromatic N) is 3. The van der Waals surface area contributed by atoms with Crippen molar-refractivity contribution in [3.8, 4) is 0 Å². The lowest BCUT2D eigenvalue weighted by molar-refractivity contribution is -0.188. The maximum absolute atomic E-state index is 12.5. The maximum Gasteiger partial charge on any atom is 0.274 e. The number of likely N-dealkylation sites (tertiary alicyclic amines) is 1. The van der Waals surface area contributed by atoms with Gasteiger partial charge in [0.1, 0.15) is 5.69 Å². The third kappa shape index (κ3) is 2.18. The molecule has 1 spiro atoms. The third-order valence-corrected chi connectivity index (χ3v) is 5.78. The van der Waals surface area contributed by atoms with E-state index in [2.05, 4.69) is 12.0 Å². The number of amides is 1. The van der Waals surface area contributed by atoms with Crippen molar-refractivity contribution in [3.05, 3.63) is 18.0 Å². The summed E-state index contributed by atoms with van der Waals surface area (Å²) < 4.78 is 1.78. The predicted octanol–water partition coefficient (Wildman–Crippen LogP) is 2.06. The van der Waals surface area contributed by atoms with Gasteiger partial charge in [0.25, 0.3) is 5.91 Å². The number of carbonyl (C=O) groups excluding carboxylic acids is 1. The SMILES string of the molecule is CCn1ccc(C(=O)N2CCC3(CC2)CCC3(O)CC)n1. The lowest BCUT2D eigenvalue weighted by Gasteiger charge is -2.59. The molecule has 21 heavy (non-hydrogen) atoms. The zero-order chi connectivity index (χ0) is 15.1. The Bertz CT molecular complexity index is 527. The second kappa shape index (κ2) is 5.13. The smallest absolute Gasteiger partial charge is 0.274 e. The van der Waals surface area contributed by atoms with Gasteiger partial charge in [-0.3, -0.25) is 9.48 Å². The third-order valence-electron chi connectivity index (χ3n) is 5.78. The molecular formula is C16H25N3O2. The molecule has 1 saturated heterocycles. The van der Waals surface area contributed by atoms with Crippen LogP contribution >= 0.6 is 0 Å². The van der Waals surface area contributed by atoms with Crippen LogP contribution in [0.25, 0.3) is 0 Å². The number of aliphatic hydroxyl groups is 1. The molecule has 1 amide bonds. The molecule has 1 unspecified atom stereocenters. The Labute approximate surface area is 125 Å². The van der Waals surface area contributed by atoms with Crippen molar-refractivity contribution in [1.29, 1.82) is 0 Å². The van der Waals surface area contributed by atoms with Crippen molar-refractivity contribution >= 4 is 5.91 Å². The fourth-order valence-corrected chi connectivity index (χ4v) is 3.99. The van der Waals surface area contributed by atoms with Crippen LogP contribution in [-0.4, -0.2) is 44.4 Å². The van der Waals surface area contributed by atoms with Gasteiger partial charge in [-0.2, -0.15) is 5.10 Å². The molecular weight excluding hydrogens is 266 g/mol. The summed E-state index contributed by atoms with van der Waals surface area (Å²) in [4.78, 5) is 14.4. The van der Waals surface area contributed by atoms with E-state index in [9.17, 15) is 9.90 Å². The minimum Gasteiger partial charge on any atom is -0.389 e. The molecule has 1 aromatic heterocycles. The quantitative estimate of drug-likeness (QED) is 0.927. The monoisotopic (exact) mass is 291 g/mol. The molecule has 1 N–H and O–H groups in total. The van der Waals surface area contributed by atoms with Gasteiger partial charge in [0.15, 0.2) is 0 Å². The van der Waals surface area contributed by atoms with E-state index in [1.165, 1.54) is 0 Å². The first kappa shape index (κ1) is 14.6. The van der Waals surface area contributed by atoms with Crippen molar-refractivity contribution in [2.24, 2.45) is 5.41 Å². The molecule has 116 valence electrons. The highest BCUT2D eigenvalue weighted by Gasteiger charge is 2.57. The molecule has 1 atom stereocenters. The van der Waals surface area contributed by atoms with Gasteiger partial charge in [0, 0.05) is 31.2 Å². The van der Waals surface area contributed by atoms with E-state index in [0.717, 1.165) is 51.7 Å². The van der Waals surface area contributed by atoms with Crippen molar-refractivity contribution in [1.82, 2.24) is 14.7 Å². The van der Waals surface area contributed by atoms with Crippen LogP contribution in [0, 0.1) is 5.41 Å². The van der Waals surface area contributed by atoms with Crippen LogP contribution in [0.15, 0.2) is 12.3 Å². The molecule has 2 fully saturated rings. The first-order valence-corrected chi connectivity index (χ1v) is 8.09. The average molecular weight is 291 g/mol. The van der Waals surface area contributed by atoms with Crippen LogP contribution in [0.5, 0.6) is 0 Å². The Kier molecular flexibility index (Phi) is 3.56. The lowest BCUT2D eigenvalue weighted by atomic mass is 9.51. The van der Waals surface area contributed by atoms with Crippen molar-refractivity contribution < 1.29 is 9.90 Å². The Hall–Kier alpha value is -1.36. The van der Waals surface area contributed by atoms with E-state index in [4.69, 9.17) is 0 Å². The van der Waals surface area contributed by atoms with E-state index in [-0.39, 0.29) is 11.3 Å². The number of hydrogen-bond acceptors (Lipinski definition) is 3. The van der Waals surface area contributed by atoms with Gasteiger partial charge in [0.05, 0.1) is 5.60 Å². The minimum atomic E-state index is -0.494. The van der Waals surface area contributed by atoms with Crippen LogP contribution in [0.4, 0.5) is 0 Å². The second-order valence-corrected chi connectivity index (χ2v) is 6.51. The van der Waals surface area contributed by atoms with Crippen LogP contribution in [0.2, 0.25) is 0 Å². The summed E-state index contributed by atoms with van der Waals surface area (Å²) in [5, 5.41) is 14.9. The van der Waals surface area contributed by atoms with E-state index in [0.29, 0.717) is 5.69 Å². The fourth-order valence-electron chi connectivity index (χ4n) is 3.99. The summed E-state index contributed by atoms with van der Waals surface area (Å²) in [7, 11) is 0. The van der Waals surface area contributed by atoms with Gasteiger partial charge in [0.2, 0.25) is 0 Å². The molecule has 1 aliphatic heterocycles. The topological polar surface area (TPSA) is 58.4 Å². The summed E-state index contributed by atoms with van der Waals surface area (Å²) in [5.41, 5.74) is 0.0971. The molecule has 1 saturated carbocycles. The normalized spacial score (nSPS) is 27.7. The Morgan fingerprint density at radius 1 is 1.29 bits per heavy atom. The fraction of sp³-hybridized carbons (Fsp3) is 0.750. The van der Waals surface area contributed by atoms with Crippen LogP contribution < -0.4 is 0 Å². The van der Waals surface area contributed by atoms with E-state index in [1.807, 2.05) is 18.0 Å². The molecule has 3 rings (SSSR count). The van der Waals surface area contributed by atoms with E-state index in [1.54, 1.807) is 10.7 Å². The lowest BCUT2D eigenvalue weighted by Crippen LogP contribution is -2.61. The van der Waals surface area contributed by atoms with Crippen molar-refractivity contribution in [2.75, 3.05) is 13.1 Å². The van der Waals surface area contributed by atoms with Gasteiger partial charge in [-0.05, 0) is 45.1 Å². The van der Waals surface area contributed by atoms with Gasteiger partial charge in [-0.25, -0.2) is 0 Å². The highest BCUT2D eigenvalue weighted by Crippen LogP contribution is 2.57. The predicted molar refractivity (Wildman–Crippen MR) is 79.9 cm³/mol. The number of rotatable bonds is 3. The molecule has 1 aromatic rings. The zero-order valence-corrected chi connectivity index (χ0v) is 13.0. The number of piperidine rings is 1. The molecule has 5 heteroatoms. The van der Waals surface area contributed by atoms with E-state index < -0.39 is 5.60 Å². The summed E-state index contributed by atoms with van der Waals surface area (Å²) >= 11 is 0. The van der Waals surface area contributed by atoms with Crippen LogP contribution in [0.3, 0.4) is 0 Å². The summed E-state index contributed by atoms with van der Waals surface area (Å²) in [6, 6.07) is 1.79. The van der Waals surface area contributed by atoms with Crippen molar-refractivity contribution in [2.45, 2.75) is 58.1 Å². The van der Waals surface area contributed by atoms with Crippen LogP contribution in [-0.2, 0) is 6.54 Å². The highest BCUT2D eigenvalue weighted by molar-refractivity contribution is 5.92.